The van der Waals surface area contributed by atoms with Gasteiger partial charge >= 0.3 is 0 Å². The zero-order valence-electron chi connectivity index (χ0n) is 17.5. The fourth-order valence-corrected chi connectivity index (χ4v) is 3.98. The van der Waals surface area contributed by atoms with Crippen LogP contribution < -0.4 is 5.32 Å². The molecule has 2 aliphatic heterocycles. The lowest BCUT2D eigenvalue weighted by Gasteiger charge is -2.35. The maximum absolute atomic E-state index is 12.7. The predicted molar refractivity (Wildman–Crippen MR) is 111 cm³/mol. The number of benzene rings is 1. The summed E-state index contributed by atoms with van der Waals surface area (Å²) in [7, 11) is 0. The Morgan fingerprint density at radius 1 is 1.10 bits per heavy atom. The number of carbonyl (C=O) groups is 3. The van der Waals surface area contributed by atoms with Crippen molar-refractivity contribution in [3.05, 3.63) is 29.8 Å². The van der Waals surface area contributed by atoms with Crippen LogP contribution in [0.15, 0.2) is 24.3 Å². The number of nitrogens with one attached hydrogen (secondary N) is 1. The Balaban J connectivity index is 1.56. The van der Waals surface area contributed by atoms with E-state index in [0.29, 0.717) is 37.4 Å². The number of rotatable bonds is 6. The monoisotopic (exact) mass is 401 g/mol. The second-order valence-electron chi connectivity index (χ2n) is 8.13. The molecule has 0 bridgehead atoms. The third kappa shape index (κ3) is 5.35. The Kier molecular flexibility index (Phi) is 6.90. The van der Waals surface area contributed by atoms with Crippen LogP contribution in [-0.2, 0) is 14.3 Å². The van der Waals surface area contributed by atoms with Gasteiger partial charge in [0.25, 0.3) is 5.91 Å². The summed E-state index contributed by atoms with van der Waals surface area (Å²) in [5.41, 5.74) is 1.22. The van der Waals surface area contributed by atoms with Gasteiger partial charge in [0.05, 0.1) is 18.1 Å². The molecule has 1 aromatic carbocycles. The van der Waals surface area contributed by atoms with Crippen LogP contribution in [0.4, 0.5) is 5.69 Å². The zero-order valence-corrected chi connectivity index (χ0v) is 17.5. The van der Waals surface area contributed by atoms with Crippen LogP contribution in [0.3, 0.4) is 0 Å². The number of morpholine rings is 1. The first kappa shape index (κ1) is 21.3. The summed E-state index contributed by atoms with van der Waals surface area (Å²) in [6, 6.07) is 6.94. The lowest BCUT2D eigenvalue weighted by Crippen LogP contribution is -2.48. The summed E-state index contributed by atoms with van der Waals surface area (Å²) in [6.07, 6.45) is 2.28. The molecule has 1 N–H and O–H groups in total. The van der Waals surface area contributed by atoms with E-state index in [1.807, 2.05) is 13.8 Å². The van der Waals surface area contributed by atoms with Crippen molar-refractivity contribution in [3.63, 3.8) is 0 Å². The molecule has 1 aromatic rings. The average Bonchev–Trinajstić information content (AvgIpc) is 3.06. The van der Waals surface area contributed by atoms with Crippen molar-refractivity contribution < 1.29 is 19.1 Å². The van der Waals surface area contributed by atoms with Gasteiger partial charge in [0.1, 0.15) is 0 Å². The second kappa shape index (κ2) is 9.39. The number of nitrogens with zero attached hydrogens (tertiary/aromatic N) is 2. The molecule has 0 spiro atoms. The van der Waals surface area contributed by atoms with Crippen LogP contribution in [0.25, 0.3) is 0 Å². The molecule has 2 fully saturated rings. The summed E-state index contributed by atoms with van der Waals surface area (Å²) >= 11 is 0. The summed E-state index contributed by atoms with van der Waals surface area (Å²) in [4.78, 5) is 40.9. The number of anilines is 1. The number of ether oxygens (including phenoxy) is 1. The van der Waals surface area contributed by atoms with Crippen LogP contribution in [0.2, 0.25) is 0 Å². The maximum atomic E-state index is 12.7. The Bertz CT molecular complexity index is 739. The van der Waals surface area contributed by atoms with Gasteiger partial charge in [-0.3, -0.25) is 14.4 Å². The molecule has 3 atom stereocenters. The van der Waals surface area contributed by atoms with Crippen molar-refractivity contribution in [1.82, 2.24) is 9.80 Å². The van der Waals surface area contributed by atoms with E-state index in [9.17, 15) is 14.4 Å². The van der Waals surface area contributed by atoms with Crippen LogP contribution in [0.5, 0.6) is 0 Å². The van der Waals surface area contributed by atoms with Crippen molar-refractivity contribution >= 4 is 23.4 Å². The van der Waals surface area contributed by atoms with Crippen LogP contribution in [-0.4, -0.2) is 65.9 Å². The Labute approximate surface area is 172 Å². The van der Waals surface area contributed by atoms with Gasteiger partial charge in [-0.15, -0.1) is 0 Å². The lowest BCUT2D eigenvalue weighted by molar-refractivity contribution is -0.128. The lowest BCUT2D eigenvalue weighted by atomic mass is 10.1. The highest BCUT2D eigenvalue weighted by Gasteiger charge is 2.34. The number of unbranched alkanes of at least 4 members (excludes halogenated alkanes) is 1. The van der Waals surface area contributed by atoms with E-state index in [-0.39, 0.29) is 42.3 Å². The number of likely N-dealkylation sites (tertiary alicyclic amines) is 1. The molecule has 0 aromatic heterocycles. The molecule has 7 heteroatoms. The van der Waals surface area contributed by atoms with E-state index < -0.39 is 0 Å². The molecule has 0 radical (unpaired) electrons. The average molecular weight is 402 g/mol. The molecule has 0 unspecified atom stereocenters. The zero-order chi connectivity index (χ0) is 21.0. The largest absolute Gasteiger partial charge is 0.372 e. The minimum Gasteiger partial charge on any atom is -0.372 e. The Morgan fingerprint density at radius 3 is 2.38 bits per heavy atom. The Hall–Kier alpha value is -2.41. The van der Waals surface area contributed by atoms with Crippen LogP contribution >= 0.6 is 0 Å². The molecular weight excluding hydrogens is 370 g/mol. The fourth-order valence-electron chi connectivity index (χ4n) is 3.98. The molecule has 3 amide bonds. The number of hydrogen-bond donors (Lipinski definition) is 1. The highest BCUT2D eigenvalue weighted by Crippen LogP contribution is 2.21. The quantitative estimate of drug-likeness (QED) is 0.794. The van der Waals surface area contributed by atoms with E-state index >= 15 is 0 Å². The second-order valence-corrected chi connectivity index (χ2v) is 8.13. The molecule has 0 aliphatic carbocycles. The molecule has 29 heavy (non-hydrogen) atoms. The van der Waals surface area contributed by atoms with Gasteiger partial charge in [0.15, 0.2) is 0 Å². The summed E-state index contributed by atoms with van der Waals surface area (Å²) in [5, 5.41) is 2.88. The van der Waals surface area contributed by atoms with Gasteiger partial charge < -0.3 is 19.9 Å². The van der Waals surface area contributed by atoms with Crippen molar-refractivity contribution in [2.75, 3.05) is 31.5 Å². The Morgan fingerprint density at radius 2 is 1.76 bits per heavy atom. The molecule has 7 nitrogen and oxygen atoms in total. The third-order valence-corrected chi connectivity index (χ3v) is 5.47. The minimum absolute atomic E-state index is 0.0206. The first-order valence-corrected chi connectivity index (χ1v) is 10.5. The molecule has 0 saturated carbocycles. The normalized spacial score (nSPS) is 24.7. The third-order valence-electron chi connectivity index (χ3n) is 5.47. The molecule has 2 aliphatic rings. The predicted octanol–water partition coefficient (Wildman–Crippen LogP) is 2.52. The molecule has 2 heterocycles. The van der Waals surface area contributed by atoms with Crippen molar-refractivity contribution in [3.8, 4) is 0 Å². The van der Waals surface area contributed by atoms with E-state index in [4.69, 9.17) is 4.74 Å². The SMILES string of the molecule is CCCCN1C[C@H](C(=O)Nc2ccc(C(=O)N3C[C@@H](C)O[C@@H](C)C3)cc2)CC1=O. The maximum Gasteiger partial charge on any atom is 0.254 e. The van der Waals surface area contributed by atoms with Crippen molar-refractivity contribution in [2.24, 2.45) is 5.92 Å². The molecule has 3 rings (SSSR count). The van der Waals surface area contributed by atoms with Crippen molar-refractivity contribution in [2.45, 2.75) is 52.2 Å². The van der Waals surface area contributed by atoms with Crippen molar-refractivity contribution in [1.29, 1.82) is 0 Å². The van der Waals surface area contributed by atoms with Gasteiger partial charge in [-0.05, 0) is 44.5 Å². The highest BCUT2D eigenvalue weighted by atomic mass is 16.5. The van der Waals surface area contributed by atoms with E-state index in [2.05, 4.69) is 12.2 Å². The standard InChI is InChI=1S/C22H31N3O4/c1-4-5-10-24-14-18(11-20(24)26)21(27)23-19-8-6-17(7-9-19)22(28)25-12-15(2)29-16(3)13-25/h6-9,15-16,18H,4-5,10-14H2,1-3H3,(H,23,27)/t15-,16+,18-/m1/s1. The molecule has 158 valence electrons. The fraction of sp³-hybridized carbons (Fsp3) is 0.591. The van der Waals surface area contributed by atoms with Crippen LogP contribution in [0.1, 0.15) is 50.4 Å². The van der Waals surface area contributed by atoms with Gasteiger partial charge in [0, 0.05) is 43.9 Å². The molecule has 2 saturated heterocycles. The number of hydrogen-bond acceptors (Lipinski definition) is 4. The van der Waals surface area contributed by atoms with Gasteiger partial charge in [0.2, 0.25) is 11.8 Å². The highest BCUT2D eigenvalue weighted by molar-refractivity contribution is 5.98. The van der Waals surface area contributed by atoms with Gasteiger partial charge in [-0.2, -0.15) is 0 Å². The summed E-state index contributed by atoms with van der Waals surface area (Å²) in [5.74, 6) is -0.449. The summed E-state index contributed by atoms with van der Waals surface area (Å²) in [6.45, 7) is 8.36. The van der Waals surface area contributed by atoms with Gasteiger partial charge in [-0.1, -0.05) is 13.3 Å². The first-order chi connectivity index (χ1) is 13.9. The van der Waals surface area contributed by atoms with Gasteiger partial charge in [-0.25, -0.2) is 0 Å². The number of amides is 3. The van der Waals surface area contributed by atoms with E-state index in [0.717, 1.165) is 12.8 Å². The molecular formula is C22H31N3O4. The summed E-state index contributed by atoms with van der Waals surface area (Å²) < 4.78 is 5.68. The minimum atomic E-state index is -0.322. The topological polar surface area (TPSA) is 79.0 Å². The van der Waals surface area contributed by atoms with Crippen LogP contribution in [0, 0.1) is 5.92 Å². The smallest absolute Gasteiger partial charge is 0.254 e. The van der Waals surface area contributed by atoms with E-state index in [1.54, 1.807) is 34.1 Å². The van der Waals surface area contributed by atoms with E-state index in [1.165, 1.54) is 0 Å². The first-order valence-electron chi connectivity index (χ1n) is 10.5. The number of carbonyl (C=O) groups excluding carboxylic acids is 3.